The standard InChI is InChI=1S/C22H23BrClN3O5S/c1-6-33(30,31)19-8-7-14(24)10-18(19)27(21(29)32-22(3,4)5)26-12-25-17-11-16(23)13(2)9-15(17)20(26)28/h7-12H,6H2,1-5H3. The molecule has 0 aliphatic rings. The number of halogens is 2. The van der Waals surface area contributed by atoms with Crippen molar-refractivity contribution in [2.24, 2.45) is 0 Å². The van der Waals surface area contributed by atoms with Crippen LogP contribution in [0.4, 0.5) is 10.5 Å². The molecule has 0 saturated carbocycles. The van der Waals surface area contributed by atoms with Crippen LogP contribution in [0.5, 0.6) is 0 Å². The summed E-state index contributed by atoms with van der Waals surface area (Å²) in [5.74, 6) is -0.220. The number of ether oxygens (including phenoxy) is 1. The maximum absolute atomic E-state index is 13.5. The third kappa shape index (κ3) is 5.23. The van der Waals surface area contributed by atoms with E-state index in [-0.39, 0.29) is 26.7 Å². The highest BCUT2D eigenvalue weighted by atomic mass is 79.9. The number of hydrogen-bond acceptors (Lipinski definition) is 6. The van der Waals surface area contributed by atoms with E-state index in [1.807, 2.05) is 6.92 Å². The highest BCUT2D eigenvalue weighted by molar-refractivity contribution is 9.10. The molecular weight excluding hydrogens is 534 g/mol. The Balaban J connectivity index is 2.38. The van der Waals surface area contributed by atoms with E-state index in [1.165, 1.54) is 25.1 Å². The number of nitrogens with zero attached hydrogens (tertiary/aromatic N) is 3. The monoisotopic (exact) mass is 555 g/mol. The molecule has 3 rings (SSSR count). The van der Waals surface area contributed by atoms with Crippen LogP contribution < -0.4 is 10.6 Å². The van der Waals surface area contributed by atoms with Crippen molar-refractivity contribution in [1.29, 1.82) is 0 Å². The van der Waals surface area contributed by atoms with E-state index in [0.29, 0.717) is 5.52 Å². The number of fused-ring (bicyclic) bond motifs is 1. The van der Waals surface area contributed by atoms with E-state index in [9.17, 15) is 18.0 Å². The molecule has 0 fully saturated rings. The van der Waals surface area contributed by atoms with Crippen LogP contribution in [0, 0.1) is 6.92 Å². The second-order valence-electron chi connectivity index (χ2n) is 8.32. The Bertz CT molecular complexity index is 1410. The molecule has 0 N–H and O–H groups in total. The molecule has 1 heterocycles. The van der Waals surface area contributed by atoms with Gasteiger partial charge in [-0.3, -0.25) is 4.79 Å². The molecule has 0 bridgehead atoms. The molecule has 0 aliphatic heterocycles. The number of sulfone groups is 1. The number of aromatic nitrogens is 2. The highest BCUT2D eigenvalue weighted by Gasteiger charge is 2.31. The molecular formula is C22H23BrClN3O5S. The zero-order valence-electron chi connectivity index (χ0n) is 18.7. The van der Waals surface area contributed by atoms with Crippen molar-refractivity contribution in [3.63, 3.8) is 0 Å². The van der Waals surface area contributed by atoms with Crippen LogP contribution in [0.25, 0.3) is 10.9 Å². The largest absolute Gasteiger partial charge is 0.442 e. The summed E-state index contributed by atoms with van der Waals surface area (Å²) in [4.78, 5) is 30.9. The Hall–Kier alpha value is -2.43. The first-order valence-electron chi connectivity index (χ1n) is 9.98. The normalized spacial score (nSPS) is 12.1. The average Bonchev–Trinajstić information content (AvgIpc) is 2.70. The Morgan fingerprint density at radius 1 is 1.24 bits per heavy atom. The lowest BCUT2D eigenvalue weighted by Crippen LogP contribution is -2.46. The van der Waals surface area contributed by atoms with Gasteiger partial charge < -0.3 is 4.74 Å². The fourth-order valence-electron chi connectivity index (χ4n) is 3.07. The molecule has 0 aliphatic carbocycles. The molecule has 1 aromatic heterocycles. The van der Waals surface area contributed by atoms with Crippen molar-refractivity contribution in [2.75, 3.05) is 10.8 Å². The zero-order valence-corrected chi connectivity index (χ0v) is 21.9. The predicted octanol–water partition coefficient (Wildman–Crippen LogP) is 5.12. The van der Waals surface area contributed by atoms with Crippen LogP contribution in [0.2, 0.25) is 5.02 Å². The van der Waals surface area contributed by atoms with E-state index in [2.05, 4.69) is 20.9 Å². The number of carbonyl (C=O) groups excluding carboxylic acids is 1. The van der Waals surface area contributed by atoms with Gasteiger partial charge in [-0.2, -0.15) is 9.69 Å². The third-order valence-electron chi connectivity index (χ3n) is 4.67. The molecule has 0 spiro atoms. The van der Waals surface area contributed by atoms with Crippen LogP contribution in [0.3, 0.4) is 0 Å². The van der Waals surface area contributed by atoms with E-state index in [4.69, 9.17) is 16.3 Å². The molecule has 0 radical (unpaired) electrons. The van der Waals surface area contributed by atoms with Gasteiger partial charge in [-0.05, 0) is 63.6 Å². The second-order valence-corrected chi connectivity index (χ2v) is 11.9. The molecule has 176 valence electrons. The van der Waals surface area contributed by atoms with Crippen molar-refractivity contribution in [2.45, 2.75) is 45.1 Å². The van der Waals surface area contributed by atoms with Gasteiger partial charge in [0.05, 0.1) is 27.2 Å². The first-order chi connectivity index (χ1) is 15.2. The van der Waals surface area contributed by atoms with Crippen molar-refractivity contribution in [3.05, 3.63) is 62.1 Å². The summed E-state index contributed by atoms with van der Waals surface area (Å²) in [6.07, 6.45) is 0.189. The summed E-state index contributed by atoms with van der Waals surface area (Å²) in [5.41, 5.74) is -0.421. The number of benzene rings is 2. The van der Waals surface area contributed by atoms with E-state index in [1.54, 1.807) is 32.9 Å². The van der Waals surface area contributed by atoms with Gasteiger partial charge in [-0.1, -0.05) is 34.5 Å². The Morgan fingerprint density at radius 3 is 2.52 bits per heavy atom. The molecule has 8 nitrogen and oxygen atoms in total. The fourth-order valence-corrected chi connectivity index (χ4v) is 4.61. The fraction of sp³-hybridized carbons (Fsp3) is 0.318. The zero-order chi connectivity index (χ0) is 24.7. The summed E-state index contributed by atoms with van der Waals surface area (Å²) in [6.45, 7) is 8.28. The van der Waals surface area contributed by atoms with Gasteiger partial charge in [0.15, 0.2) is 9.84 Å². The summed E-state index contributed by atoms with van der Waals surface area (Å²) in [6, 6.07) is 7.34. The van der Waals surface area contributed by atoms with E-state index >= 15 is 0 Å². The number of carbonyl (C=O) groups is 1. The summed E-state index contributed by atoms with van der Waals surface area (Å²) < 4.78 is 32.9. The van der Waals surface area contributed by atoms with Gasteiger partial charge in [0.25, 0.3) is 5.56 Å². The number of rotatable bonds is 4. The topological polar surface area (TPSA) is 98.6 Å². The quantitative estimate of drug-likeness (QED) is 0.442. The summed E-state index contributed by atoms with van der Waals surface area (Å²) >= 11 is 9.58. The predicted molar refractivity (Wildman–Crippen MR) is 132 cm³/mol. The first kappa shape index (κ1) is 25.2. The maximum Gasteiger partial charge on any atom is 0.434 e. The molecule has 33 heavy (non-hydrogen) atoms. The molecule has 3 aromatic rings. The van der Waals surface area contributed by atoms with E-state index in [0.717, 1.165) is 26.0 Å². The number of anilines is 1. The lowest BCUT2D eigenvalue weighted by molar-refractivity contribution is 0.0561. The van der Waals surface area contributed by atoms with Gasteiger partial charge in [0, 0.05) is 9.50 Å². The Kier molecular flexibility index (Phi) is 6.93. The molecule has 1 amide bonds. The van der Waals surface area contributed by atoms with Crippen molar-refractivity contribution in [1.82, 2.24) is 9.66 Å². The Labute approximate surface area is 205 Å². The smallest absolute Gasteiger partial charge is 0.434 e. The number of hydrogen-bond donors (Lipinski definition) is 0. The molecule has 0 atom stereocenters. The second kappa shape index (κ2) is 9.08. The number of amides is 1. The molecule has 2 aromatic carbocycles. The molecule has 11 heteroatoms. The summed E-state index contributed by atoms with van der Waals surface area (Å²) in [5, 5.41) is 1.27. The average molecular weight is 557 g/mol. The van der Waals surface area contributed by atoms with Gasteiger partial charge in [-0.15, -0.1) is 0 Å². The third-order valence-corrected chi connectivity index (χ3v) is 7.53. The highest BCUT2D eigenvalue weighted by Crippen LogP contribution is 2.31. The van der Waals surface area contributed by atoms with Crippen LogP contribution in [0.15, 0.2) is 50.8 Å². The Morgan fingerprint density at radius 2 is 1.91 bits per heavy atom. The minimum Gasteiger partial charge on any atom is -0.442 e. The lowest BCUT2D eigenvalue weighted by Gasteiger charge is -2.29. The minimum absolute atomic E-state index is 0.115. The van der Waals surface area contributed by atoms with Gasteiger partial charge in [-0.25, -0.2) is 18.2 Å². The van der Waals surface area contributed by atoms with Crippen LogP contribution in [-0.2, 0) is 14.6 Å². The van der Waals surface area contributed by atoms with Gasteiger partial charge in [0.1, 0.15) is 11.9 Å². The molecule has 0 unspecified atom stereocenters. The van der Waals surface area contributed by atoms with Crippen LogP contribution in [0.1, 0.15) is 33.3 Å². The maximum atomic E-state index is 13.5. The van der Waals surface area contributed by atoms with Gasteiger partial charge >= 0.3 is 6.09 Å². The van der Waals surface area contributed by atoms with Crippen LogP contribution in [-0.4, -0.2) is 35.5 Å². The van der Waals surface area contributed by atoms with Crippen molar-refractivity contribution >= 4 is 60.1 Å². The SMILES string of the molecule is CCS(=O)(=O)c1ccc(Cl)cc1N(C(=O)OC(C)(C)C)n1cnc2cc(Br)c(C)cc2c1=O. The molecule has 0 saturated heterocycles. The van der Waals surface area contributed by atoms with Crippen LogP contribution >= 0.6 is 27.5 Å². The van der Waals surface area contributed by atoms with Gasteiger partial charge in [0.2, 0.25) is 0 Å². The first-order valence-corrected chi connectivity index (χ1v) is 12.8. The lowest BCUT2D eigenvalue weighted by atomic mass is 10.2. The minimum atomic E-state index is -3.79. The number of aryl methyl sites for hydroxylation is 1. The van der Waals surface area contributed by atoms with Crippen molar-refractivity contribution in [3.8, 4) is 0 Å². The van der Waals surface area contributed by atoms with Crippen molar-refractivity contribution < 1.29 is 17.9 Å². The summed E-state index contributed by atoms with van der Waals surface area (Å²) in [7, 11) is -3.79. The van der Waals surface area contributed by atoms with E-state index < -0.39 is 27.1 Å².